The molecule has 2 N–H and O–H groups in total. The second-order valence-electron chi connectivity index (χ2n) is 5.58. The second-order valence-corrected chi connectivity index (χ2v) is 5.58. The number of likely N-dealkylation sites (N-methyl/N-ethyl adjacent to an activating group) is 1. The van der Waals surface area contributed by atoms with Crippen LogP contribution in [0.3, 0.4) is 0 Å². The summed E-state index contributed by atoms with van der Waals surface area (Å²) in [7, 11) is 2.16. The van der Waals surface area contributed by atoms with Crippen molar-refractivity contribution in [2.45, 2.75) is 6.54 Å². The van der Waals surface area contributed by atoms with Crippen molar-refractivity contribution in [1.82, 2.24) is 20.4 Å². The lowest BCUT2D eigenvalue weighted by Gasteiger charge is -2.32. The Balaban J connectivity index is 1.51. The molecule has 5 nitrogen and oxygen atoms in total. The highest BCUT2D eigenvalue weighted by molar-refractivity contribution is 5.77. The summed E-state index contributed by atoms with van der Waals surface area (Å²) in [6.45, 7) is 7.38. The minimum absolute atomic E-state index is 0.0530. The Morgan fingerprint density at radius 3 is 2.57 bits per heavy atom. The summed E-state index contributed by atoms with van der Waals surface area (Å²) in [6.07, 6.45) is 0. The number of rotatable bonds is 7. The highest BCUT2D eigenvalue weighted by Crippen LogP contribution is 1.98. The van der Waals surface area contributed by atoms with E-state index in [1.807, 2.05) is 30.3 Å². The third kappa shape index (κ3) is 6.25. The van der Waals surface area contributed by atoms with Crippen LogP contribution in [-0.2, 0) is 11.3 Å². The Morgan fingerprint density at radius 1 is 1.14 bits per heavy atom. The van der Waals surface area contributed by atoms with Crippen LogP contribution >= 0.6 is 0 Å². The third-order valence-electron chi connectivity index (χ3n) is 3.82. The molecule has 1 aromatic carbocycles. The van der Waals surface area contributed by atoms with E-state index in [2.05, 4.69) is 27.5 Å². The molecule has 1 heterocycles. The monoisotopic (exact) mass is 290 g/mol. The van der Waals surface area contributed by atoms with Gasteiger partial charge in [-0.3, -0.25) is 9.69 Å². The van der Waals surface area contributed by atoms with Gasteiger partial charge in [-0.2, -0.15) is 0 Å². The summed E-state index contributed by atoms with van der Waals surface area (Å²) in [4.78, 5) is 16.5. The van der Waals surface area contributed by atoms with E-state index >= 15 is 0 Å². The average molecular weight is 290 g/mol. The van der Waals surface area contributed by atoms with E-state index < -0.39 is 0 Å². The fraction of sp³-hybridized carbons (Fsp3) is 0.562. The molecule has 0 saturated carbocycles. The van der Waals surface area contributed by atoms with E-state index in [-0.39, 0.29) is 5.91 Å². The number of nitrogens with one attached hydrogen (secondary N) is 2. The van der Waals surface area contributed by atoms with Crippen molar-refractivity contribution in [3.8, 4) is 0 Å². The maximum Gasteiger partial charge on any atom is 0.234 e. The van der Waals surface area contributed by atoms with Gasteiger partial charge < -0.3 is 15.5 Å². The molecule has 0 bridgehead atoms. The second kappa shape index (κ2) is 8.77. The van der Waals surface area contributed by atoms with Crippen molar-refractivity contribution in [2.75, 3.05) is 52.9 Å². The van der Waals surface area contributed by atoms with Gasteiger partial charge in [0.1, 0.15) is 0 Å². The van der Waals surface area contributed by atoms with Crippen LogP contribution in [0.4, 0.5) is 0 Å². The number of nitrogens with zero attached hydrogens (tertiary/aromatic N) is 2. The SMILES string of the molecule is CN1CCN(CCNCC(=O)NCc2ccccc2)CC1. The first-order valence-electron chi connectivity index (χ1n) is 7.66. The van der Waals surface area contributed by atoms with Crippen LogP contribution in [0.25, 0.3) is 0 Å². The molecule has 116 valence electrons. The van der Waals surface area contributed by atoms with E-state index in [0.717, 1.165) is 44.8 Å². The zero-order valence-electron chi connectivity index (χ0n) is 12.8. The summed E-state index contributed by atoms with van der Waals surface area (Å²) < 4.78 is 0. The fourth-order valence-electron chi connectivity index (χ4n) is 2.37. The molecule has 21 heavy (non-hydrogen) atoms. The summed E-state index contributed by atoms with van der Waals surface area (Å²) >= 11 is 0. The van der Waals surface area contributed by atoms with E-state index in [1.165, 1.54) is 0 Å². The molecule has 1 aromatic rings. The third-order valence-corrected chi connectivity index (χ3v) is 3.82. The number of hydrogen-bond acceptors (Lipinski definition) is 4. The van der Waals surface area contributed by atoms with Gasteiger partial charge >= 0.3 is 0 Å². The van der Waals surface area contributed by atoms with Crippen molar-refractivity contribution >= 4 is 5.91 Å². The molecule has 0 aliphatic carbocycles. The molecule has 1 saturated heterocycles. The Morgan fingerprint density at radius 2 is 1.86 bits per heavy atom. The summed E-state index contributed by atoms with van der Waals surface area (Å²) in [6, 6.07) is 9.97. The average Bonchev–Trinajstić information content (AvgIpc) is 2.52. The molecule has 1 fully saturated rings. The lowest BCUT2D eigenvalue weighted by Crippen LogP contribution is -2.47. The summed E-state index contributed by atoms with van der Waals surface area (Å²) in [5, 5.41) is 6.13. The molecule has 5 heteroatoms. The van der Waals surface area contributed by atoms with Crippen LogP contribution in [0.2, 0.25) is 0 Å². The lowest BCUT2D eigenvalue weighted by molar-refractivity contribution is -0.120. The van der Waals surface area contributed by atoms with Crippen LogP contribution in [0.1, 0.15) is 5.56 Å². The van der Waals surface area contributed by atoms with Gasteiger partial charge in [-0.25, -0.2) is 0 Å². The van der Waals surface area contributed by atoms with Crippen molar-refractivity contribution in [2.24, 2.45) is 0 Å². The normalized spacial score (nSPS) is 16.8. The predicted octanol–water partition coefficient (Wildman–Crippen LogP) is 0.140. The lowest BCUT2D eigenvalue weighted by atomic mass is 10.2. The maximum atomic E-state index is 11.7. The van der Waals surface area contributed by atoms with Crippen LogP contribution in [0.15, 0.2) is 30.3 Å². The molecular formula is C16H26N4O. The molecule has 2 rings (SSSR count). The standard InChI is InChI=1S/C16H26N4O/c1-19-9-11-20(12-10-19)8-7-17-14-16(21)18-13-15-5-3-2-4-6-15/h2-6,17H,7-14H2,1H3,(H,18,21). The van der Waals surface area contributed by atoms with Gasteiger partial charge in [-0.05, 0) is 12.6 Å². The van der Waals surface area contributed by atoms with Crippen molar-refractivity contribution < 1.29 is 4.79 Å². The zero-order valence-corrected chi connectivity index (χ0v) is 12.8. The Bertz CT molecular complexity index is 416. The van der Waals surface area contributed by atoms with Crippen LogP contribution in [-0.4, -0.2) is 68.6 Å². The molecule has 0 aromatic heterocycles. The van der Waals surface area contributed by atoms with Gasteiger partial charge in [-0.1, -0.05) is 30.3 Å². The molecule has 0 unspecified atom stereocenters. The minimum atomic E-state index is 0.0530. The first kappa shape index (κ1) is 15.9. The Labute approximate surface area is 127 Å². The Kier molecular flexibility index (Phi) is 6.66. The van der Waals surface area contributed by atoms with Crippen molar-refractivity contribution in [3.63, 3.8) is 0 Å². The molecule has 0 atom stereocenters. The first-order valence-corrected chi connectivity index (χ1v) is 7.66. The summed E-state index contributed by atoms with van der Waals surface area (Å²) in [5.41, 5.74) is 1.13. The molecule has 0 spiro atoms. The van der Waals surface area contributed by atoms with E-state index in [4.69, 9.17) is 0 Å². The van der Waals surface area contributed by atoms with Gasteiger partial charge in [-0.15, -0.1) is 0 Å². The molecule has 1 amide bonds. The topological polar surface area (TPSA) is 47.6 Å². The zero-order chi connectivity index (χ0) is 14.9. The molecule has 0 radical (unpaired) electrons. The predicted molar refractivity (Wildman–Crippen MR) is 85.1 cm³/mol. The quantitative estimate of drug-likeness (QED) is 0.701. The van der Waals surface area contributed by atoms with Crippen LogP contribution in [0.5, 0.6) is 0 Å². The Hall–Kier alpha value is -1.43. The van der Waals surface area contributed by atoms with Crippen LogP contribution in [0, 0.1) is 0 Å². The van der Waals surface area contributed by atoms with E-state index in [9.17, 15) is 4.79 Å². The minimum Gasteiger partial charge on any atom is -0.351 e. The number of hydrogen-bond donors (Lipinski definition) is 2. The van der Waals surface area contributed by atoms with Gasteiger partial charge in [0.05, 0.1) is 6.54 Å². The van der Waals surface area contributed by atoms with Gasteiger partial charge in [0, 0.05) is 45.8 Å². The number of amides is 1. The summed E-state index contributed by atoms with van der Waals surface area (Å²) in [5.74, 6) is 0.0530. The molecule has 1 aliphatic rings. The molecule has 1 aliphatic heterocycles. The van der Waals surface area contributed by atoms with E-state index in [1.54, 1.807) is 0 Å². The number of carbonyl (C=O) groups excluding carboxylic acids is 1. The number of piperazine rings is 1. The maximum absolute atomic E-state index is 11.7. The smallest absolute Gasteiger partial charge is 0.234 e. The largest absolute Gasteiger partial charge is 0.351 e. The highest BCUT2D eigenvalue weighted by Gasteiger charge is 2.12. The van der Waals surface area contributed by atoms with Gasteiger partial charge in [0.25, 0.3) is 0 Å². The number of benzene rings is 1. The molecular weight excluding hydrogens is 264 g/mol. The van der Waals surface area contributed by atoms with Gasteiger partial charge in [0.2, 0.25) is 5.91 Å². The van der Waals surface area contributed by atoms with Gasteiger partial charge in [0.15, 0.2) is 0 Å². The fourth-order valence-corrected chi connectivity index (χ4v) is 2.37. The first-order chi connectivity index (χ1) is 10.2. The number of carbonyl (C=O) groups is 1. The van der Waals surface area contributed by atoms with Crippen LogP contribution < -0.4 is 10.6 Å². The van der Waals surface area contributed by atoms with Crippen molar-refractivity contribution in [3.05, 3.63) is 35.9 Å². The van der Waals surface area contributed by atoms with E-state index in [0.29, 0.717) is 13.1 Å². The highest BCUT2D eigenvalue weighted by atomic mass is 16.1. The van der Waals surface area contributed by atoms with Crippen molar-refractivity contribution in [1.29, 1.82) is 0 Å².